The Balaban J connectivity index is 1.64. The van der Waals surface area contributed by atoms with Crippen molar-refractivity contribution in [3.05, 3.63) is 113 Å². The lowest BCUT2D eigenvalue weighted by molar-refractivity contribution is -0.119. The molecule has 2 aromatic carbocycles. The molecule has 0 saturated carbocycles. The Labute approximate surface area is 301 Å². The van der Waals surface area contributed by atoms with Crippen LogP contribution in [0, 0.1) is 11.8 Å². The van der Waals surface area contributed by atoms with Crippen LogP contribution >= 0.6 is 0 Å². The maximum atomic E-state index is 13.3. The van der Waals surface area contributed by atoms with Gasteiger partial charge in [0.2, 0.25) is 0 Å². The molecule has 0 unspecified atom stereocenters. The Kier molecular flexibility index (Phi) is 18.0. The molecule has 0 amide bonds. The molecule has 0 aliphatic heterocycles. The van der Waals surface area contributed by atoms with E-state index in [0.717, 1.165) is 36.3 Å². The molecule has 3 rings (SSSR count). The SMILES string of the molecule is C=C/C=C(\N)CN(C)CC(=O)CCCC(=O)c1cc(C#Cc2ccc(-c3ccc(CCCCCCCC)cc3)cc2)cc(CN(CC)CC)n1. The summed E-state index contributed by atoms with van der Waals surface area (Å²) in [7, 11) is 1.85. The number of rotatable bonds is 22. The monoisotopic (exact) mass is 674 g/mol. The molecule has 266 valence electrons. The number of benzene rings is 2. The third-order valence-corrected chi connectivity index (χ3v) is 8.88. The lowest BCUT2D eigenvalue weighted by atomic mass is 10.00. The highest BCUT2D eigenvalue weighted by molar-refractivity contribution is 5.95. The minimum absolute atomic E-state index is 0.0730. The van der Waals surface area contributed by atoms with Gasteiger partial charge in [0.1, 0.15) is 11.5 Å². The molecule has 6 nitrogen and oxygen atoms in total. The third-order valence-electron chi connectivity index (χ3n) is 8.88. The number of allylic oxidation sites excluding steroid dienone is 2. The largest absolute Gasteiger partial charge is 0.401 e. The molecule has 1 aromatic heterocycles. The summed E-state index contributed by atoms with van der Waals surface area (Å²) < 4.78 is 0. The first kappa shape index (κ1) is 40.1. The lowest BCUT2D eigenvalue weighted by Gasteiger charge is -2.18. The Morgan fingerprint density at radius 2 is 1.44 bits per heavy atom. The van der Waals surface area contributed by atoms with Gasteiger partial charge in [0.25, 0.3) is 0 Å². The summed E-state index contributed by atoms with van der Waals surface area (Å²) in [6.07, 6.45) is 13.5. The van der Waals surface area contributed by atoms with E-state index in [1.165, 1.54) is 55.2 Å². The van der Waals surface area contributed by atoms with Crippen LogP contribution in [0.3, 0.4) is 0 Å². The fourth-order valence-corrected chi connectivity index (χ4v) is 5.95. The Hall–Kier alpha value is -4.31. The van der Waals surface area contributed by atoms with Crippen molar-refractivity contribution >= 4 is 11.6 Å². The van der Waals surface area contributed by atoms with E-state index in [1.54, 1.807) is 18.2 Å². The number of unbranched alkanes of at least 4 members (excludes halogenated alkanes) is 5. The number of aromatic nitrogens is 1. The van der Waals surface area contributed by atoms with Crippen LogP contribution < -0.4 is 5.73 Å². The van der Waals surface area contributed by atoms with Gasteiger partial charge in [0.15, 0.2) is 5.78 Å². The number of hydrogen-bond donors (Lipinski definition) is 1. The van der Waals surface area contributed by atoms with Gasteiger partial charge in [-0.1, -0.05) is 114 Å². The first-order chi connectivity index (χ1) is 24.2. The number of ketones is 2. The molecular weight excluding hydrogens is 617 g/mol. The van der Waals surface area contributed by atoms with Crippen molar-refractivity contribution in [2.24, 2.45) is 5.73 Å². The summed E-state index contributed by atoms with van der Waals surface area (Å²) in [5, 5.41) is 0. The zero-order valence-corrected chi connectivity index (χ0v) is 31.0. The molecule has 1 heterocycles. The number of Topliss-reactive ketones (excluding diaryl/α,β-unsaturated/α-hetero) is 2. The van der Waals surface area contributed by atoms with Crippen LogP contribution in [0.25, 0.3) is 11.1 Å². The van der Waals surface area contributed by atoms with Gasteiger partial charge in [-0.25, -0.2) is 4.98 Å². The second kappa shape index (κ2) is 22.4. The van der Waals surface area contributed by atoms with Gasteiger partial charge in [-0.3, -0.25) is 19.4 Å². The Morgan fingerprint density at radius 3 is 2.10 bits per heavy atom. The van der Waals surface area contributed by atoms with Gasteiger partial charge in [-0.2, -0.15) is 0 Å². The fourth-order valence-electron chi connectivity index (χ4n) is 5.95. The quantitative estimate of drug-likeness (QED) is 0.0497. The summed E-state index contributed by atoms with van der Waals surface area (Å²) in [5.74, 6) is 6.58. The second-order valence-corrected chi connectivity index (χ2v) is 13.2. The van der Waals surface area contributed by atoms with Crippen LogP contribution in [-0.2, 0) is 17.8 Å². The molecule has 0 aliphatic rings. The zero-order valence-electron chi connectivity index (χ0n) is 31.0. The smallest absolute Gasteiger partial charge is 0.181 e. The number of nitrogens with two attached hydrogens (primary N) is 1. The zero-order chi connectivity index (χ0) is 36.1. The van der Waals surface area contributed by atoms with E-state index < -0.39 is 0 Å². The van der Waals surface area contributed by atoms with Crippen molar-refractivity contribution in [2.75, 3.05) is 33.2 Å². The average Bonchev–Trinajstić information content (AvgIpc) is 3.11. The van der Waals surface area contributed by atoms with Crippen LogP contribution in [0.1, 0.15) is 111 Å². The molecule has 50 heavy (non-hydrogen) atoms. The molecule has 0 bridgehead atoms. The number of likely N-dealkylation sites (N-methyl/N-ethyl adjacent to an activating group) is 1. The molecule has 6 heteroatoms. The minimum atomic E-state index is -0.0730. The van der Waals surface area contributed by atoms with Crippen molar-refractivity contribution in [1.29, 1.82) is 0 Å². The maximum Gasteiger partial charge on any atom is 0.181 e. The standard InChI is InChI=1S/C44H58N4O2/c1-6-10-11-12-13-14-17-35-22-26-38(27-23-35)39-28-24-36(25-29-39)20-21-37-30-41(33-48(8-3)9-4)46-43(31-37)44(50)19-15-18-42(49)34-47(5)32-40(45)16-7-2/h7,16,22-31H,2,6,8-15,17-19,32-34,45H2,1,3-5H3/b40-16-. The topological polar surface area (TPSA) is 79.5 Å². The molecule has 2 N–H and O–H groups in total. The predicted molar refractivity (Wildman–Crippen MR) is 209 cm³/mol. The molecule has 0 spiro atoms. The van der Waals surface area contributed by atoms with Crippen LogP contribution in [0.4, 0.5) is 0 Å². The number of carbonyl (C=O) groups excluding carboxylic acids is 2. The predicted octanol–water partition coefficient (Wildman–Crippen LogP) is 8.78. The summed E-state index contributed by atoms with van der Waals surface area (Å²) in [4.78, 5) is 34.7. The van der Waals surface area contributed by atoms with Gasteiger partial charge in [-0.05, 0) is 86.4 Å². The average molecular weight is 675 g/mol. The van der Waals surface area contributed by atoms with Gasteiger partial charge < -0.3 is 5.73 Å². The first-order valence-electron chi connectivity index (χ1n) is 18.5. The molecule has 0 radical (unpaired) electrons. The van der Waals surface area contributed by atoms with E-state index >= 15 is 0 Å². The highest BCUT2D eigenvalue weighted by Gasteiger charge is 2.14. The Morgan fingerprint density at radius 1 is 0.800 bits per heavy atom. The first-order valence-corrected chi connectivity index (χ1v) is 18.5. The molecular formula is C44H58N4O2. The van der Waals surface area contributed by atoms with E-state index in [-0.39, 0.29) is 24.5 Å². The van der Waals surface area contributed by atoms with Crippen molar-refractivity contribution in [3.63, 3.8) is 0 Å². The van der Waals surface area contributed by atoms with Crippen molar-refractivity contribution in [3.8, 4) is 23.0 Å². The van der Waals surface area contributed by atoms with E-state index in [9.17, 15) is 9.59 Å². The molecule has 0 fully saturated rings. The van der Waals surface area contributed by atoms with E-state index in [2.05, 4.69) is 92.6 Å². The number of pyridine rings is 1. The van der Waals surface area contributed by atoms with Crippen LogP contribution in [-0.4, -0.2) is 59.6 Å². The third kappa shape index (κ3) is 14.7. The highest BCUT2D eigenvalue weighted by atomic mass is 16.1. The highest BCUT2D eigenvalue weighted by Crippen LogP contribution is 2.21. The lowest BCUT2D eigenvalue weighted by Crippen LogP contribution is -2.29. The number of carbonyl (C=O) groups is 2. The van der Waals surface area contributed by atoms with Crippen molar-refractivity contribution < 1.29 is 9.59 Å². The molecule has 0 aliphatic carbocycles. The van der Waals surface area contributed by atoms with Crippen molar-refractivity contribution in [1.82, 2.24) is 14.8 Å². The molecule has 0 saturated heterocycles. The fraction of sp³-hybridized carbons (Fsp3) is 0.432. The summed E-state index contributed by atoms with van der Waals surface area (Å²) in [6.45, 7) is 13.3. The van der Waals surface area contributed by atoms with Gasteiger partial charge in [-0.15, -0.1) is 0 Å². The summed E-state index contributed by atoms with van der Waals surface area (Å²) in [5.41, 5.74) is 13.2. The minimum Gasteiger partial charge on any atom is -0.401 e. The molecule has 3 aromatic rings. The van der Waals surface area contributed by atoms with Gasteiger partial charge in [0, 0.05) is 42.8 Å². The van der Waals surface area contributed by atoms with E-state index in [1.807, 2.05) is 18.0 Å². The van der Waals surface area contributed by atoms with Crippen LogP contribution in [0.2, 0.25) is 0 Å². The molecule has 0 atom stereocenters. The number of hydrogen-bond acceptors (Lipinski definition) is 6. The maximum absolute atomic E-state index is 13.3. The second-order valence-electron chi connectivity index (χ2n) is 13.2. The summed E-state index contributed by atoms with van der Waals surface area (Å²) >= 11 is 0. The Bertz CT molecular complexity index is 1590. The van der Waals surface area contributed by atoms with Crippen LogP contribution in [0.5, 0.6) is 0 Å². The van der Waals surface area contributed by atoms with E-state index in [4.69, 9.17) is 10.7 Å². The number of nitrogens with zero attached hydrogens (tertiary/aromatic N) is 3. The normalized spacial score (nSPS) is 11.4. The van der Waals surface area contributed by atoms with Crippen LogP contribution in [0.15, 0.2) is 85.1 Å². The van der Waals surface area contributed by atoms with E-state index in [0.29, 0.717) is 37.3 Å². The van der Waals surface area contributed by atoms with Gasteiger partial charge >= 0.3 is 0 Å². The van der Waals surface area contributed by atoms with Crippen molar-refractivity contribution in [2.45, 2.75) is 91.5 Å². The summed E-state index contributed by atoms with van der Waals surface area (Å²) in [6, 6.07) is 21.0. The van der Waals surface area contributed by atoms with Gasteiger partial charge in [0.05, 0.1) is 12.2 Å². The number of aryl methyl sites for hydroxylation is 1.